The Balaban J connectivity index is 2.75. The number of thiocarbonyl (C=S) groups is 1. The van der Waals surface area contributed by atoms with Crippen molar-refractivity contribution in [2.75, 3.05) is 0 Å². The molecule has 0 aliphatic heterocycles. The van der Waals surface area contributed by atoms with Crippen LogP contribution in [0, 0.1) is 5.82 Å². The first-order valence-electron chi connectivity index (χ1n) is 4.70. The van der Waals surface area contributed by atoms with Crippen LogP contribution < -0.4 is 5.32 Å². The summed E-state index contributed by atoms with van der Waals surface area (Å²) in [5, 5.41) is 3.08. The lowest BCUT2D eigenvalue weighted by Gasteiger charge is -2.14. The van der Waals surface area contributed by atoms with Crippen molar-refractivity contribution in [3.8, 4) is 0 Å². The first-order chi connectivity index (χ1) is 6.65. The van der Waals surface area contributed by atoms with Gasteiger partial charge in [-0.05, 0) is 25.5 Å². The molecule has 0 bridgehead atoms. The minimum absolute atomic E-state index is 0.270. The van der Waals surface area contributed by atoms with Crippen LogP contribution in [0.1, 0.15) is 25.8 Å². The third-order valence-corrected chi connectivity index (χ3v) is 2.45. The van der Waals surface area contributed by atoms with Crippen molar-refractivity contribution in [1.29, 1.82) is 0 Å². The second-order valence-corrected chi connectivity index (χ2v) is 3.67. The zero-order valence-corrected chi connectivity index (χ0v) is 9.20. The van der Waals surface area contributed by atoms with Crippen LogP contribution in [-0.4, -0.2) is 11.0 Å². The standard InChI is InChI=1S/C11H14FNS/c1-3-8(2)13-11(14)9-6-4-5-7-10(9)12/h4-8H,3H2,1-2H3,(H,13,14)/t8-/m1/s1. The largest absolute Gasteiger partial charge is 0.373 e. The minimum Gasteiger partial charge on any atom is -0.373 e. The van der Waals surface area contributed by atoms with Crippen LogP contribution in [0.2, 0.25) is 0 Å². The maximum atomic E-state index is 13.3. The zero-order valence-electron chi connectivity index (χ0n) is 8.38. The molecular formula is C11H14FNS. The van der Waals surface area contributed by atoms with Crippen molar-refractivity contribution in [2.24, 2.45) is 0 Å². The fourth-order valence-corrected chi connectivity index (χ4v) is 1.42. The number of hydrogen-bond acceptors (Lipinski definition) is 1. The molecule has 14 heavy (non-hydrogen) atoms. The van der Waals surface area contributed by atoms with E-state index in [4.69, 9.17) is 12.2 Å². The number of hydrogen-bond donors (Lipinski definition) is 1. The summed E-state index contributed by atoms with van der Waals surface area (Å²) in [6, 6.07) is 6.82. The predicted molar refractivity (Wildman–Crippen MR) is 61.0 cm³/mol. The number of rotatable bonds is 3. The van der Waals surface area contributed by atoms with E-state index in [2.05, 4.69) is 12.2 Å². The molecule has 1 aromatic rings. The Kier molecular flexibility index (Phi) is 4.01. The van der Waals surface area contributed by atoms with Gasteiger partial charge in [-0.3, -0.25) is 0 Å². The first-order valence-corrected chi connectivity index (χ1v) is 5.11. The highest BCUT2D eigenvalue weighted by Gasteiger charge is 2.08. The Hall–Kier alpha value is -0.960. The number of nitrogens with one attached hydrogen (secondary N) is 1. The maximum Gasteiger partial charge on any atom is 0.133 e. The summed E-state index contributed by atoms with van der Waals surface area (Å²) in [6.07, 6.45) is 0.967. The van der Waals surface area contributed by atoms with Crippen molar-refractivity contribution >= 4 is 17.2 Å². The van der Waals surface area contributed by atoms with E-state index in [9.17, 15) is 4.39 Å². The van der Waals surface area contributed by atoms with E-state index < -0.39 is 0 Å². The molecule has 0 aliphatic rings. The SMILES string of the molecule is CC[C@@H](C)NC(=S)c1ccccc1F. The van der Waals surface area contributed by atoms with Crippen molar-refractivity contribution in [3.05, 3.63) is 35.6 Å². The summed E-state index contributed by atoms with van der Waals surface area (Å²) >= 11 is 5.10. The monoisotopic (exact) mass is 211 g/mol. The van der Waals surface area contributed by atoms with Crippen LogP contribution in [0.4, 0.5) is 4.39 Å². The van der Waals surface area contributed by atoms with Gasteiger partial charge in [-0.15, -0.1) is 0 Å². The Morgan fingerprint density at radius 1 is 1.50 bits per heavy atom. The molecule has 76 valence electrons. The van der Waals surface area contributed by atoms with Crippen molar-refractivity contribution < 1.29 is 4.39 Å². The molecule has 0 heterocycles. The van der Waals surface area contributed by atoms with Gasteiger partial charge in [-0.2, -0.15) is 0 Å². The Bertz CT molecular complexity index is 325. The van der Waals surface area contributed by atoms with E-state index in [1.807, 2.05) is 6.92 Å². The summed E-state index contributed by atoms with van der Waals surface area (Å²) < 4.78 is 13.3. The minimum atomic E-state index is -0.270. The van der Waals surface area contributed by atoms with Gasteiger partial charge in [-0.25, -0.2) is 4.39 Å². The molecule has 3 heteroatoms. The van der Waals surface area contributed by atoms with Crippen LogP contribution in [0.25, 0.3) is 0 Å². The van der Waals surface area contributed by atoms with Crippen molar-refractivity contribution in [2.45, 2.75) is 26.3 Å². The molecule has 1 atom stereocenters. The van der Waals surface area contributed by atoms with Crippen LogP contribution in [0.3, 0.4) is 0 Å². The zero-order chi connectivity index (χ0) is 10.6. The molecule has 0 saturated carbocycles. The van der Waals surface area contributed by atoms with Crippen LogP contribution >= 0.6 is 12.2 Å². The van der Waals surface area contributed by atoms with Gasteiger partial charge < -0.3 is 5.32 Å². The van der Waals surface area contributed by atoms with E-state index in [1.165, 1.54) is 6.07 Å². The lowest BCUT2D eigenvalue weighted by atomic mass is 10.2. The molecule has 0 spiro atoms. The van der Waals surface area contributed by atoms with Gasteiger partial charge >= 0.3 is 0 Å². The summed E-state index contributed by atoms with van der Waals surface area (Å²) in [4.78, 5) is 0.484. The molecular weight excluding hydrogens is 197 g/mol. The van der Waals surface area contributed by atoms with Gasteiger partial charge in [0.1, 0.15) is 10.8 Å². The molecule has 0 saturated heterocycles. The summed E-state index contributed by atoms with van der Waals surface area (Å²) in [5.74, 6) is -0.270. The molecule has 0 aliphatic carbocycles. The second kappa shape index (κ2) is 5.05. The predicted octanol–water partition coefficient (Wildman–Crippen LogP) is 2.89. The highest BCUT2D eigenvalue weighted by molar-refractivity contribution is 7.80. The highest BCUT2D eigenvalue weighted by Crippen LogP contribution is 2.07. The molecule has 0 amide bonds. The third kappa shape index (κ3) is 2.77. The number of benzene rings is 1. The van der Waals surface area contributed by atoms with Gasteiger partial charge in [0.15, 0.2) is 0 Å². The topological polar surface area (TPSA) is 12.0 Å². The fraction of sp³-hybridized carbons (Fsp3) is 0.364. The Morgan fingerprint density at radius 3 is 2.71 bits per heavy atom. The molecule has 0 radical (unpaired) electrons. The smallest absolute Gasteiger partial charge is 0.133 e. The van der Waals surface area contributed by atoms with E-state index in [0.717, 1.165) is 6.42 Å². The van der Waals surface area contributed by atoms with E-state index in [1.54, 1.807) is 18.2 Å². The lowest BCUT2D eigenvalue weighted by Crippen LogP contribution is -2.31. The Labute approximate surface area is 89.3 Å². The van der Waals surface area contributed by atoms with Crippen molar-refractivity contribution in [3.63, 3.8) is 0 Å². The lowest BCUT2D eigenvalue weighted by molar-refractivity contribution is 0.617. The quantitative estimate of drug-likeness (QED) is 0.771. The van der Waals surface area contributed by atoms with Gasteiger partial charge in [0.2, 0.25) is 0 Å². The maximum absolute atomic E-state index is 13.3. The van der Waals surface area contributed by atoms with E-state index >= 15 is 0 Å². The molecule has 0 unspecified atom stereocenters. The van der Waals surface area contributed by atoms with E-state index in [0.29, 0.717) is 10.6 Å². The van der Waals surface area contributed by atoms with Gasteiger partial charge in [-0.1, -0.05) is 31.3 Å². The fourth-order valence-electron chi connectivity index (χ4n) is 1.05. The summed E-state index contributed by atoms with van der Waals surface area (Å²) in [5.41, 5.74) is 0.475. The van der Waals surface area contributed by atoms with Crippen LogP contribution in [0.5, 0.6) is 0 Å². The highest BCUT2D eigenvalue weighted by atomic mass is 32.1. The normalized spacial score (nSPS) is 12.2. The summed E-state index contributed by atoms with van der Waals surface area (Å²) in [7, 11) is 0. The average molecular weight is 211 g/mol. The van der Waals surface area contributed by atoms with Crippen LogP contribution in [0.15, 0.2) is 24.3 Å². The van der Waals surface area contributed by atoms with Crippen LogP contribution in [-0.2, 0) is 0 Å². The van der Waals surface area contributed by atoms with Gasteiger partial charge in [0.25, 0.3) is 0 Å². The van der Waals surface area contributed by atoms with Crippen molar-refractivity contribution in [1.82, 2.24) is 5.32 Å². The third-order valence-electron chi connectivity index (χ3n) is 2.11. The number of halogens is 1. The molecule has 1 rings (SSSR count). The second-order valence-electron chi connectivity index (χ2n) is 3.26. The molecule has 1 N–H and O–H groups in total. The summed E-state index contributed by atoms with van der Waals surface area (Å²) in [6.45, 7) is 4.08. The van der Waals surface area contributed by atoms with Gasteiger partial charge in [0.05, 0.1) is 0 Å². The van der Waals surface area contributed by atoms with E-state index in [-0.39, 0.29) is 11.9 Å². The molecule has 0 aromatic heterocycles. The Morgan fingerprint density at radius 2 is 2.14 bits per heavy atom. The molecule has 1 nitrogen and oxygen atoms in total. The first kappa shape index (κ1) is 11.1. The average Bonchev–Trinajstić information content (AvgIpc) is 2.18. The molecule has 0 fully saturated rings. The molecule has 1 aromatic carbocycles. The van der Waals surface area contributed by atoms with Gasteiger partial charge in [0, 0.05) is 11.6 Å².